The Bertz CT molecular complexity index is 251. The number of hydrogen-bond acceptors (Lipinski definition) is 3. The average molecular weight is 166 g/mol. The zero-order valence-corrected chi connectivity index (χ0v) is 7.22. The Morgan fingerprint density at radius 1 is 1.67 bits per heavy atom. The van der Waals surface area contributed by atoms with E-state index in [-0.39, 0.29) is 0 Å². The van der Waals surface area contributed by atoms with Gasteiger partial charge in [-0.2, -0.15) is 0 Å². The van der Waals surface area contributed by atoms with E-state index in [0.29, 0.717) is 5.92 Å². The molecule has 0 aliphatic carbocycles. The molecule has 12 heavy (non-hydrogen) atoms. The van der Waals surface area contributed by atoms with Crippen molar-refractivity contribution in [2.45, 2.75) is 12.5 Å². The van der Waals surface area contributed by atoms with Crippen LogP contribution in [0.1, 0.15) is 17.4 Å². The van der Waals surface area contributed by atoms with Crippen LogP contribution in [0.2, 0.25) is 0 Å². The van der Waals surface area contributed by atoms with Gasteiger partial charge >= 0.3 is 0 Å². The van der Waals surface area contributed by atoms with Gasteiger partial charge in [0.05, 0.1) is 0 Å². The van der Waals surface area contributed by atoms with Crippen LogP contribution in [0.15, 0.2) is 6.20 Å². The van der Waals surface area contributed by atoms with E-state index in [1.807, 2.05) is 13.2 Å². The van der Waals surface area contributed by atoms with Crippen molar-refractivity contribution in [2.75, 3.05) is 20.1 Å². The van der Waals surface area contributed by atoms with Gasteiger partial charge in [-0.05, 0) is 7.05 Å². The Hall–Kier alpha value is -0.870. The summed E-state index contributed by atoms with van der Waals surface area (Å²) in [5, 5.41) is 6.31. The van der Waals surface area contributed by atoms with Crippen LogP contribution in [0.25, 0.3) is 0 Å². The summed E-state index contributed by atoms with van der Waals surface area (Å²) >= 11 is 0. The Balaban J connectivity index is 2.02. The molecule has 0 unspecified atom stereocenters. The lowest BCUT2D eigenvalue weighted by Crippen LogP contribution is -2.40. The van der Waals surface area contributed by atoms with E-state index in [4.69, 9.17) is 0 Å². The standard InChI is InChI=1S/C8H14N4/c1-9-4-7-5-11-8(12-7)6-2-10-3-6/h5-6,9-10H,2-4H2,1H3,(H,11,12). The second-order valence-electron chi connectivity index (χ2n) is 3.18. The Labute approximate surface area is 71.8 Å². The molecule has 2 heterocycles. The third-order valence-corrected chi connectivity index (χ3v) is 2.18. The first-order valence-corrected chi connectivity index (χ1v) is 4.29. The first-order valence-electron chi connectivity index (χ1n) is 4.29. The molecule has 1 fully saturated rings. The number of aromatic amines is 1. The van der Waals surface area contributed by atoms with Gasteiger partial charge in [0, 0.05) is 37.4 Å². The molecule has 1 aliphatic rings. The Morgan fingerprint density at radius 2 is 2.50 bits per heavy atom. The van der Waals surface area contributed by atoms with Crippen LogP contribution in [0.5, 0.6) is 0 Å². The quantitative estimate of drug-likeness (QED) is 0.583. The van der Waals surface area contributed by atoms with E-state index < -0.39 is 0 Å². The molecule has 0 spiro atoms. The minimum Gasteiger partial charge on any atom is -0.345 e. The second kappa shape index (κ2) is 3.25. The van der Waals surface area contributed by atoms with Crippen molar-refractivity contribution in [3.05, 3.63) is 17.7 Å². The summed E-state index contributed by atoms with van der Waals surface area (Å²) in [6.45, 7) is 2.99. The largest absolute Gasteiger partial charge is 0.345 e. The lowest BCUT2D eigenvalue weighted by molar-refractivity contribution is 0.432. The maximum Gasteiger partial charge on any atom is 0.111 e. The predicted octanol–water partition coefficient (Wildman–Crippen LogP) is -0.184. The van der Waals surface area contributed by atoms with Crippen molar-refractivity contribution in [3.63, 3.8) is 0 Å². The molecule has 0 atom stereocenters. The molecule has 1 aromatic heterocycles. The highest BCUT2D eigenvalue weighted by molar-refractivity contribution is 5.09. The molecule has 3 N–H and O–H groups in total. The number of hydrogen-bond donors (Lipinski definition) is 3. The van der Waals surface area contributed by atoms with E-state index in [2.05, 4.69) is 20.6 Å². The highest BCUT2D eigenvalue weighted by Crippen LogP contribution is 2.15. The monoisotopic (exact) mass is 166 g/mol. The summed E-state index contributed by atoms with van der Waals surface area (Å²) in [5.41, 5.74) is 1.17. The van der Waals surface area contributed by atoms with Gasteiger partial charge in [0.15, 0.2) is 0 Å². The lowest BCUT2D eigenvalue weighted by atomic mass is 10.0. The van der Waals surface area contributed by atoms with Crippen LogP contribution < -0.4 is 10.6 Å². The molecule has 1 saturated heterocycles. The SMILES string of the molecule is CNCc1cnc(C2CNC2)[nH]1. The van der Waals surface area contributed by atoms with Crippen molar-refractivity contribution in [2.24, 2.45) is 0 Å². The molecule has 66 valence electrons. The molecule has 2 rings (SSSR count). The molecule has 1 aromatic rings. The molecule has 0 saturated carbocycles. The van der Waals surface area contributed by atoms with Crippen LogP contribution in [0.3, 0.4) is 0 Å². The van der Waals surface area contributed by atoms with Gasteiger partial charge in [-0.1, -0.05) is 0 Å². The second-order valence-corrected chi connectivity index (χ2v) is 3.18. The molecular weight excluding hydrogens is 152 g/mol. The summed E-state index contributed by atoms with van der Waals surface area (Å²) in [4.78, 5) is 7.62. The van der Waals surface area contributed by atoms with E-state index >= 15 is 0 Å². The molecule has 4 nitrogen and oxygen atoms in total. The number of imidazole rings is 1. The first kappa shape index (κ1) is 7.76. The fourth-order valence-corrected chi connectivity index (χ4v) is 1.35. The van der Waals surface area contributed by atoms with Crippen LogP contribution >= 0.6 is 0 Å². The van der Waals surface area contributed by atoms with Crippen molar-refractivity contribution in [1.29, 1.82) is 0 Å². The Morgan fingerprint density at radius 3 is 3.08 bits per heavy atom. The van der Waals surface area contributed by atoms with Crippen molar-refractivity contribution in [1.82, 2.24) is 20.6 Å². The van der Waals surface area contributed by atoms with Gasteiger partial charge in [-0.25, -0.2) is 4.98 Å². The number of nitrogens with zero attached hydrogens (tertiary/aromatic N) is 1. The van der Waals surface area contributed by atoms with Crippen molar-refractivity contribution in [3.8, 4) is 0 Å². The van der Waals surface area contributed by atoms with Gasteiger partial charge in [0.25, 0.3) is 0 Å². The van der Waals surface area contributed by atoms with Crippen LogP contribution in [0.4, 0.5) is 0 Å². The Kier molecular flexibility index (Phi) is 2.10. The van der Waals surface area contributed by atoms with Gasteiger partial charge in [-0.15, -0.1) is 0 Å². The van der Waals surface area contributed by atoms with Crippen LogP contribution in [0, 0.1) is 0 Å². The van der Waals surface area contributed by atoms with Gasteiger partial charge in [0.2, 0.25) is 0 Å². The number of nitrogens with one attached hydrogen (secondary N) is 3. The third-order valence-electron chi connectivity index (χ3n) is 2.18. The van der Waals surface area contributed by atoms with Gasteiger partial charge in [0.1, 0.15) is 5.82 Å². The molecular formula is C8H14N4. The molecule has 0 bridgehead atoms. The van der Waals surface area contributed by atoms with E-state index in [9.17, 15) is 0 Å². The molecule has 4 heteroatoms. The summed E-state index contributed by atoms with van der Waals surface area (Å²) in [5.74, 6) is 1.73. The lowest BCUT2D eigenvalue weighted by Gasteiger charge is -2.24. The smallest absolute Gasteiger partial charge is 0.111 e. The first-order chi connectivity index (χ1) is 5.90. The maximum absolute atomic E-state index is 4.32. The zero-order valence-electron chi connectivity index (χ0n) is 7.22. The average Bonchev–Trinajstić information content (AvgIpc) is 2.34. The van der Waals surface area contributed by atoms with Gasteiger partial charge in [-0.3, -0.25) is 0 Å². The summed E-state index contributed by atoms with van der Waals surface area (Å²) in [6.07, 6.45) is 1.91. The summed E-state index contributed by atoms with van der Waals surface area (Å²) in [7, 11) is 1.94. The number of aromatic nitrogens is 2. The third kappa shape index (κ3) is 1.35. The zero-order chi connectivity index (χ0) is 8.39. The minimum atomic E-state index is 0.607. The number of H-pyrrole nitrogens is 1. The van der Waals surface area contributed by atoms with E-state index in [1.165, 1.54) is 5.69 Å². The van der Waals surface area contributed by atoms with Crippen molar-refractivity contribution >= 4 is 0 Å². The van der Waals surface area contributed by atoms with E-state index in [0.717, 1.165) is 25.5 Å². The summed E-state index contributed by atoms with van der Waals surface area (Å²) < 4.78 is 0. The highest BCUT2D eigenvalue weighted by Gasteiger charge is 2.21. The maximum atomic E-state index is 4.32. The normalized spacial score (nSPS) is 17.8. The highest BCUT2D eigenvalue weighted by atomic mass is 15.0. The van der Waals surface area contributed by atoms with Crippen LogP contribution in [-0.4, -0.2) is 30.1 Å². The molecule has 0 amide bonds. The summed E-state index contributed by atoms with van der Waals surface area (Å²) in [6, 6.07) is 0. The molecule has 0 radical (unpaired) electrons. The van der Waals surface area contributed by atoms with Crippen molar-refractivity contribution < 1.29 is 0 Å². The molecule has 1 aliphatic heterocycles. The number of rotatable bonds is 3. The fraction of sp³-hybridized carbons (Fsp3) is 0.625. The fourth-order valence-electron chi connectivity index (χ4n) is 1.35. The predicted molar refractivity (Wildman–Crippen MR) is 47.0 cm³/mol. The minimum absolute atomic E-state index is 0.607. The van der Waals surface area contributed by atoms with E-state index in [1.54, 1.807) is 0 Å². The molecule has 0 aromatic carbocycles. The topological polar surface area (TPSA) is 52.7 Å². The van der Waals surface area contributed by atoms with Gasteiger partial charge < -0.3 is 15.6 Å². The van der Waals surface area contributed by atoms with Crippen LogP contribution in [-0.2, 0) is 6.54 Å².